The second kappa shape index (κ2) is 3.96. The number of ether oxygens (including phenoxy) is 1. The maximum atomic E-state index is 11.3. The number of rotatable bonds is 2. The van der Waals surface area contributed by atoms with E-state index in [0.29, 0.717) is 5.56 Å². The Kier molecular flexibility index (Phi) is 3.11. The molecule has 0 saturated heterocycles. The first-order valence-electron chi connectivity index (χ1n) is 4.64. The van der Waals surface area contributed by atoms with Gasteiger partial charge in [-0.3, -0.25) is 0 Å². The van der Waals surface area contributed by atoms with Crippen molar-refractivity contribution in [2.75, 3.05) is 7.11 Å². The molecule has 0 N–H and O–H groups in total. The van der Waals surface area contributed by atoms with Gasteiger partial charge in [-0.15, -0.1) is 0 Å². The summed E-state index contributed by atoms with van der Waals surface area (Å²) in [4.78, 5) is 11.3. The largest absolute Gasteiger partial charge is 0.465 e. The Morgan fingerprint density at radius 2 is 1.93 bits per heavy atom. The highest BCUT2D eigenvalue weighted by atomic mass is 28.3. The fourth-order valence-electron chi connectivity index (χ4n) is 1.23. The predicted octanol–water partition coefficient (Wildman–Crippen LogP) is 2.02. The molecule has 3 heteroatoms. The highest BCUT2D eigenvalue weighted by molar-refractivity contribution is 6.88. The Labute approximate surface area is 85.9 Å². The van der Waals surface area contributed by atoms with Gasteiger partial charge in [0.25, 0.3) is 0 Å². The minimum absolute atomic E-state index is 0.259. The van der Waals surface area contributed by atoms with Crippen molar-refractivity contribution >= 4 is 19.2 Å². The molecule has 1 rings (SSSR count). The molecule has 0 fully saturated rings. The number of hydrogen-bond donors (Lipinski definition) is 0. The smallest absolute Gasteiger partial charge is 0.337 e. The van der Waals surface area contributed by atoms with Crippen molar-refractivity contribution in [3.8, 4) is 0 Å². The Morgan fingerprint density at radius 1 is 1.29 bits per heavy atom. The van der Waals surface area contributed by atoms with Crippen molar-refractivity contribution in [3.63, 3.8) is 0 Å². The molecule has 0 aromatic heterocycles. The van der Waals surface area contributed by atoms with E-state index in [1.165, 1.54) is 12.3 Å². The fourth-order valence-corrected chi connectivity index (χ4v) is 2.42. The van der Waals surface area contributed by atoms with Crippen LogP contribution in [0.2, 0.25) is 19.6 Å². The normalized spacial score (nSPS) is 11.1. The molecular weight excluding hydrogens is 192 g/mol. The molecule has 0 aliphatic rings. The van der Waals surface area contributed by atoms with Crippen molar-refractivity contribution in [1.82, 2.24) is 0 Å². The summed E-state index contributed by atoms with van der Waals surface area (Å²) in [7, 11) is 0.0752. The summed E-state index contributed by atoms with van der Waals surface area (Å²) < 4.78 is 4.68. The van der Waals surface area contributed by atoms with Gasteiger partial charge in [0, 0.05) is 0 Å². The molecule has 0 atom stereocenters. The Morgan fingerprint density at radius 3 is 2.43 bits per heavy atom. The van der Waals surface area contributed by atoms with Gasteiger partial charge in [0.05, 0.1) is 20.7 Å². The van der Waals surface area contributed by atoms with Gasteiger partial charge in [0.1, 0.15) is 0 Å². The molecule has 0 unspecified atom stereocenters. The van der Waals surface area contributed by atoms with Crippen molar-refractivity contribution in [1.29, 1.82) is 0 Å². The van der Waals surface area contributed by atoms with Crippen LogP contribution in [0.4, 0.5) is 0 Å². The van der Waals surface area contributed by atoms with Crippen molar-refractivity contribution < 1.29 is 9.53 Å². The maximum Gasteiger partial charge on any atom is 0.337 e. The summed E-state index contributed by atoms with van der Waals surface area (Å²) in [5.41, 5.74) is 0.646. The van der Waals surface area contributed by atoms with Gasteiger partial charge in [0.15, 0.2) is 0 Å². The Hall–Kier alpha value is -1.09. The Bertz CT molecular complexity index is 339. The van der Waals surface area contributed by atoms with E-state index in [1.807, 2.05) is 12.1 Å². The number of esters is 1. The van der Waals surface area contributed by atoms with Crippen LogP contribution in [-0.2, 0) is 4.74 Å². The summed E-state index contributed by atoms with van der Waals surface area (Å²) in [5.74, 6) is -0.259. The average molecular weight is 208 g/mol. The standard InChI is InChI=1S/C11H16O2Si/c1-13-11(12)9-6-5-7-10(8-9)14(2,3)4/h5-8H,1-4H3. The van der Waals surface area contributed by atoms with E-state index in [9.17, 15) is 4.79 Å². The predicted molar refractivity (Wildman–Crippen MR) is 60.8 cm³/mol. The molecule has 2 nitrogen and oxygen atoms in total. The van der Waals surface area contributed by atoms with Gasteiger partial charge in [-0.2, -0.15) is 0 Å². The summed E-state index contributed by atoms with van der Waals surface area (Å²) >= 11 is 0. The van der Waals surface area contributed by atoms with E-state index < -0.39 is 8.07 Å². The molecule has 0 spiro atoms. The van der Waals surface area contributed by atoms with Crippen LogP contribution >= 0.6 is 0 Å². The third kappa shape index (κ3) is 2.45. The van der Waals surface area contributed by atoms with E-state index in [0.717, 1.165) is 0 Å². The molecule has 0 aliphatic heterocycles. The number of carbonyl (C=O) groups excluding carboxylic acids is 1. The van der Waals surface area contributed by atoms with Crippen molar-refractivity contribution in [3.05, 3.63) is 29.8 Å². The third-order valence-electron chi connectivity index (χ3n) is 2.15. The van der Waals surface area contributed by atoms with Crippen LogP contribution in [0.5, 0.6) is 0 Å². The van der Waals surface area contributed by atoms with E-state index in [2.05, 4.69) is 30.4 Å². The molecule has 1 aromatic carbocycles. The molecule has 0 amide bonds. The maximum absolute atomic E-state index is 11.3. The number of methoxy groups -OCH3 is 1. The molecule has 0 aliphatic carbocycles. The van der Waals surface area contributed by atoms with Crippen LogP contribution in [-0.4, -0.2) is 21.2 Å². The zero-order valence-electron chi connectivity index (χ0n) is 9.13. The van der Waals surface area contributed by atoms with Gasteiger partial charge >= 0.3 is 5.97 Å². The second-order valence-electron chi connectivity index (χ2n) is 4.32. The molecular formula is C11H16O2Si. The topological polar surface area (TPSA) is 26.3 Å². The first kappa shape index (κ1) is 11.0. The molecule has 0 radical (unpaired) electrons. The van der Waals surface area contributed by atoms with Gasteiger partial charge < -0.3 is 4.74 Å². The SMILES string of the molecule is COC(=O)c1cccc([Si](C)(C)C)c1. The molecule has 0 bridgehead atoms. The highest BCUT2D eigenvalue weighted by Crippen LogP contribution is 2.05. The van der Waals surface area contributed by atoms with Crippen LogP contribution in [0.25, 0.3) is 0 Å². The van der Waals surface area contributed by atoms with Gasteiger partial charge in [0.2, 0.25) is 0 Å². The lowest BCUT2D eigenvalue weighted by atomic mass is 10.2. The number of carbonyl (C=O) groups is 1. The number of hydrogen-bond acceptors (Lipinski definition) is 2. The van der Waals surface area contributed by atoms with E-state index in [1.54, 1.807) is 6.07 Å². The molecule has 14 heavy (non-hydrogen) atoms. The lowest BCUT2D eigenvalue weighted by Gasteiger charge is -2.16. The quantitative estimate of drug-likeness (QED) is 0.549. The van der Waals surface area contributed by atoms with Gasteiger partial charge in [-0.25, -0.2) is 4.79 Å². The molecule has 1 aromatic rings. The van der Waals surface area contributed by atoms with E-state index >= 15 is 0 Å². The molecule has 0 heterocycles. The van der Waals surface area contributed by atoms with Crippen molar-refractivity contribution in [2.24, 2.45) is 0 Å². The van der Waals surface area contributed by atoms with Crippen LogP contribution in [0, 0.1) is 0 Å². The third-order valence-corrected chi connectivity index (χ3v) is 4.19. The summed E-state index contributed by atoms with van der Waals surface area (Å²) in [5, 5.41) is 1.28. The minimum Gasteiger partial charge on any atom is -0.465 e. The van der Waals surface area contributed by atoms with Crippen LogP contribution in [0.3, 0.4) is 0 Å². The van der Waals surface area contributed by atoms with Crippen molar-refractivity contribution in [2.45, 2.75) is 19.6 Å². The lowest BCUT2D eigenvalue weighted by Crippen LogP contribution is -2.37. The fraction of sp³-hybridized carbons (Fsp3) is 0.364. The molecule has 76 valence electrons. The van der Waals surface area contributed by atoms with Gasteiger partial charge in [-0.1, -0.05) is 37.0 Å². The highest BCUT2D eigenvalue weighted by Gasteiger charge is 2.17. The van der Waals surface area contributed by atoms with Crippen LogP contribution < -0.4 is 5.19 Å². The second-order valence-corrected chi connectivity index (χ2v) is 9.40. The summed E-state index contributed by atoms with van der Waals surface area (Å²) in [6.45, 7) is 6.76. The first-order valence-corrected chi connectivity index (χ1v) is 8.14. The average Bonchev–Trinajstić information content (AvgIpc) is 2.15. The minimum atomic E-state index is -1.33. The molecule has 0 saturated carbocycles. The first-order chi connectivity index (χ1) is 6.45. The zero-order chi connectivity index (χ0) is 10.8. The zero-order valence-corrected chi connectivity index (χ0v) is 10.1. The monoisotopic (exact) mass is 208 g/mol. The lowest BCUT2D eigenvalue weighted by molar-refractivity contribution is 0.0601. The summed E-state index contributed by atoms with van der Waals surface area (Å²) in [6, 6.07) is 7.73. The van der Waals surface area contributed by atoms with E-state index in [-0.39, 0.29) is 5.97 Å². The Balaban J connectivity index is 3.08. The summed E-state index contributed by atoms with van der Waals surface area (Å²) in [6.07, 6.45) is 0. The number of benzene rings is 1. The van der Waals surface area contributed by atoms with Crippen LogP contribution in [0.15, 0.2) is 24.3 Å². The van der Waals surface area contributed by atoms with Crippen LogP contribution in [0.1, 0.15) is 10.4 Å². The van der Waals surface area contributed by atoms with Gasteiger partial charge in [-0.05, 0) is 12.1 Å². The van der Waals surface area contributed by atoms with E-state index in [4.69, 9.17) is 0 Å².